The van der Waals surface area contributed by atoms with Crippen LogP contribution >= 0.6 is 0 Å². The molecule has 0 aliphatic heterocycles. The first-order valence-corrected chi connectivity index (χ1v) is 6.29. The zero-order valence-electron chi connectivity index (χ0n) is 11.4. The van der Waals surface area contributed by atoms with E-state index in [2.05, 4.69) is 20.5 Å². The van der Waals surface area contributed by atoms with E-state index < -0.39 is 0 Å². The predicted octanol–water partition coefficient (Wildman–Crippen LogP) is 2.16. The monoisotopic (exact) mass is 272 g/mol. The van der Waals surface area contributed by atoms with E-state index in [1.165, 1.54) is 6.08 Å². The van der Waals surface area contributed by atoms with Gasteiger partial charge in [-0.15, -0.1) is 5.10 Å². The van der Waals surface area contributed by atoms with E-state index in [-0.39, 0.29) is 11.9 Å². The zero-order chi connectivity index (χ0) is 14.4. The van der Waals surface area contributed by atoms with Crippen molar-refractivity contribution in [1.82, 2.24) is 15.2 Å². The number of carbonyl (C=O) groups is 1. The number of carbonyl (C=O) groups excluding carboxylic acids is 1. The molecule has 6 nitrogen and oxygen atoms in total. The molecule has 1 heterocycles. The molecule has 0 radical (unpaired) electrons. The van der Waals surface area contributed by atoms with Crippen molar-refractivity contribution in [2.45, 2.75) is 13.8 Å². The highest BCUT2D eigenvalue weighted by molar-refractivity contribution is 6.01. The van der Waals surface area contributed by atoms with Crippen molar-refractivity contribution >= 4 is 17.9 Å². The van der Waals surface area contributed by atoms with E-state index in [1.54, 1.807) is 13.0 Å². The van der Waals surface area contributed by atoms with Crippen molar-refractivity contribution < 1.29 is 9.53 Å². The molecule has 2 N–H and O–H groups in total. The molecule has 0 aliphatic rings. The van der Waals surface area contributed by atoms with Gasteiger partial charge in [-0.1, -0.05) is 18.2 Å². The zero-order valence-corrected chi connectivity index (χ0v) is 11.4. The molecule has 0 aliphatic carbocycles. The fourth-order valence-corrected chi connectivity index (χ4v) is 1.62. The van der Waals surface area contributed by atoms with Gasteiger partial charge in [0.15, 0.2) is 0 Å². The molecule has 0 spiro atoms. The van der Waals surface area contributed by atoms with Crippen molar-refractivity contribution in [1.29, 1.82) is 0 Å². The summed E-state index contributed by atoms with van der Waals surface area (Å²) in [4.78, 5) is 15.7. The van der Waals surface area contributed by atoms with Crippen molar-refractivity contribution in [2.24, 2.45) is 0 Å². The summed E-state index contributed by atoms with van der Waals surface area (Å²) in [5.74, 6) is 1.35. The lowest BCUT2D eigenvalue weighted by Gasteiger charge is -2.05. The Morgan fingerprint density at radius 2 is 2.25 bits per heavy atom. The smallest absolute Gasteiger partial charge is 0.250 e. The second-order valence-corrected chi connectivity index (χ2v) is 4.04. The average Bonchev–Trinajstić information content (AvgIpc) is 2.83. The SMILES string of the molecule is CCOc1ccccc1/C=C/C(=O)Nc1n[nH]c(C)n1. The van der Waals surface area contributed by atoms with Crippen LogP contribution in [0.15, 0.2) is 30.3 Å². The van der Waals surface area contributed by atoms with Crippen LogP contribution in [0.25, 0.3) is 6.08 Å². The number of H-pyrrole nitrogens is 1. The molecule has 2 aromatic rings. The highest BCUT2D eigenvalue weighted by atomic mass is 16.5. The van der Waals surface area contributed by atoms with E-state index in [0.717, 1.165) is 11.3 Å². The minimum absolute atomic E-state index is 0.259. The number of benzene rings is 1. The van der Waals surface area contributed by atoms with E-state index in [4.69, 9.17) is 4.74 Å². The van der Waals surface area contributed by atoms with Crippen LogP contribution in [0.3, 0.4) is 0 Å². The summed E-state index contributed by atoms with van der Waals surface area (Å²) in [6.45, 7) is 4.25. The van der Waals surface area contributed by atoms with Crippen LogP contribution in [-0.2, 0) is 4.79 Å². The molecule has 0 atom stereocenters. The van der Waals surface area contributed by atoms with Crippen molar-refractivity contribution in [3.05, 3.63) is 41.7 Å². The third-order valence-corrected chi connectivity index (χ3v) is 2.47. The molecule has 1 aromatic heterocycles. The van der Waals surface area contributed by atoms with Crippen LogP contribution in [0.5, 0.6) is 5.75 Å². The minimum atomic E-state index is -0.296. The van der Waals surface area contributed by atoms with Crippen LogP contribution in [0, 0.1) is 6.92 Å². The third-order valence-electron chi connectivity index (χ3n) is 2.47. The Kier molecular flexibility index (Phi) is 4.49. The first-order chi connectivity index (χ1) is 9.69. The molecule has 0 fully saturated rings. The first kappa shape index (κ1) is 13.8. The van der Waals surface area contributed by atoms with Gasteiger partial charge in [0, 0.05) is 11.6 Å². The number of para-hydroxylation sites is 1. The maximum Gasteiger partial charge on any atom is 0.250 e. The fraction of sp³-hybridized carbons (Fsp3) is 0.214. The van der Waals surface area contributed by atoms with Gasteiger partial charge in [0.1, 0.15) is 11.6 Å². The highest BCUT2D eigenvalue weighted by Crippen LogP contribution is 2.19. The van der Waals surface area contributed by atoms with Gasteiger partial charge >= 0.3 is 0 Å². The van der Waals surface area contributed by atoms with Crippen molar-refractivity contribution in [3.63, 3.8) is 0 Å². The molecule has 1 aromatic carbocycles. The van der Waals surface area contributed by atoms with Gasteiger partial charge in [-0.3, -0.25) is 15.2 Å². The summed E-state index contributed by atoms with van der Waals surface area (Å²) in [6, 6.07) is 7.52. The summed E-state index contributed by atoms with van der Waals surface area (Å²) in [5.41, 5.74) is 0.843. The number of amides is 1. The van der Waals surface area contributed by atoms with Gasteiger partial charge in [0.2, 0.25) is 5.95 Å². The van der Waals surface area contributed by atoms with E-state index in [1.807, 2.05) is 31.2 Å². The number of hydrogen-bond donors (Lipinski definition) is 2. The normalized spacial score (nSPS) is 10.7. The standard InChI is InChI=1S/C14H16N4O2/c1-3-20-12-7-5-4-6-11(12)8-9-13(19)16-14-15-10(2)17-18-14/h4-9H,3H2,1-2H3,(H2,15,16,17,18,19)/b9-8+. The summed E-state index contributed by atoms with van der Waals surface area (Å²) >= 11 is 0. The van der Waals surface area contributed by atoms with Crippen molar-refractivity contribution in [2.75, 3.05) is 11.9 Å². The summed E-state index contributed by atoms with van der Waals surface area (Å²) in [6.07, 6.45) is 3.11. The molecular weight excluding hydrogens is 256 g/mol. The quantitative estimate of drug-likeness (QED) is 0.817. The molecular formula is C14H16N4O2. The summed E-state index contributed by atoms with van der Waals surface area (Å²) in [7, 11) is 0. The number of nitrogens with one attached hydrogen (secondary N) is 2. The van der Waals surface area contributed by atoms with Crippen LogP contribution in [0.4, 0.5) is 5.95 Å². The Bertz CT molecular complexity index is 619. The second-order valence-electron chi connectivity index (χ2n) is 4.04. The summed E-state index contributed by atoms with van der Waals surface area (Å²) < 4.78 is 5.48. The van der Waals surface area contributed by atoms with E-state index in [0.29, 0.717) is 12.4 Å². The van der Waals surface area contributed by atoms with E-state index in [9.17, 15) is 4.79 Å². The molecule has 0 bridgehead atoms. The van der Waals surface area contributed by atoms with Crippen molar-refractivity contribution in [3.8, 4) is 5.75 Å². The Morgan fingerprint density at radius 1 is 1.45 bits per heavy atom. The highest BCUT2D eigenvalue weighted by Gasteiger charge is 2.03. The maximum atomic E-state index is 11.7. The number of nitrogens with zero attached hydrogens (tertiary/aromatic N) is 2. The Labute approximate surface area is 116 Å². The van der Waals surface area contributed by atoms with Crippen LogP contribution in [0.1, 0.15) is 18.3 Å². The van der Waals surface area contributed by atoms with Gasteiger partial charge in [-0.25, -0.2) is 0 Å². The molecule has 0 saturated heterocycles. The number of hydrogen-bond acceptors (Lipinski definition) is 4. The Balaban J connectivity index is 2.03. The Hall–Kier alpha value is -2.63. The number of aryl methyl sites for hydroxylation is 1. The van der Waals surface area contributed by atoms with Crippen LogP contribution in [-0.4, -0.2) is 27.7 Å². The van der Waals surface area contributed by atoms with Gasteiger partial charge in [0.25, 0.3) is 5.91 Å². The molecule has 0 saturated carbocycles. The second kappa shape index (κ2) is 6.51. The molecule has 104 valence electrons. The van der Waals surface area contributed by atoms with Gasteiger partial charge in [-0.05, 0) is 26.0 Å². The molecule has 0 unspecified atom stereocenters. The largest absolute Gasteiger partial charge is 0.493 e. The lowest BCUT2D eigenvalue weighted by molar-refractivity contribution is -0.111. The van der Waals surface area contributed by atoms with E-state index >= 15 is 0 Å². The van der Waals surface area contributed by atoms with Gasteiger partial charge in [-0.2, -0.15) is 4.98 Å². The number of rotatable bonds is 5. The average molecular weight is 272 g/mol. The molecule has 6 heteroatoms. The number of aromatic amines is 1. The van der Waals surface area contributed by atoms with Gasteiger partial charge in [0.05, 0.1) is 6.61 Å². The maximum absolute atomic E-state index is 11.7. The minimum Gasteiger partial charge on any atom is -0.493 e. The van der Waals surface area contributed by atoms with Crippen LogP contribution in [0.2, 0.25) is 0 Å². The number of ether oxygens (including phenoxy) is 1. The lowest BCUT2D eigenvalue weighted by atomic mass is 10.2. The first-order valence-electron chi connectivity index (χ1n) is 6.29. The fourth-order valence-electron chi connectivity index (χ4n) is 1.62. The Morgan fingerprint density at radius 3 is 2.95 bits per heavy atom. The summed E-state index contributed by atoms with van der Waals surface area (Å²) in [5, 5.41) is 9.05. The molecule has 2 rings (SSSR count). The predicted molar refractivity (Wildman–Crippen MR) is 76.4 cm³/mol. The molecule has 20 heavy (non-hydrogen) atoms. The topological polar surface area (TPSA) is 79.9 Å². The number of anilines is 1. The van der Waals surface area contributed by atoms with Crippen LogP contribution < -0.4 is 10.1 Å². The molecule has 1 amide bonds. The number of aromatic nitrogens is 3. The lowest BCUT2D eigenvalue weighted by Crippen LogP contribution is -2.09. The van der Waals surface area contributed by atoms with Gasteiger partial charge < -0.3 is 4.74 Å². The third kappa shape index (κ3) is 3.68.